The number of furan rings is 1. The lowest BCUT2D eigenvalue weighted by molar-refractivity contribution is -0.120. The molecule has 0 aliphatic carbocycles. The van der Waals surface area contributed by atoms with E-state index in [1.165, 1.54) is 6.26 Å². The predicted octanol–water partition coefficient (Wildman–Crippen LogP) is 1.35. The molecule has 2 amide bonds. The molecule has 0 bridgehead atoms. The Kier molecular flexibility index (Phi) is 6.85. The molecule has 24 heavy (non-hydrogen) atoms. The molecule has 0 atom stereocenters. The number of carbonyl (C=O) groups excluding carboxylic acids is 2. The van der Waals surface area contributed by atoms with Gasteiger partial charge in [-0.15, -0.1) is 0 Å². The first-order valence-corrected chi connectivity index (χ1v) is 7.48. The van der Waals surface area contributed by atoms with Gasteiger partial charge in [-0.2, -0.15) is 0 Å². The average Bonchev–Trinajstić information content (AvgIpc) is 3.08. The van der Waals surface area contributed by atoms with Gasteiger partial charge in [0.1, 0.15) is 12.4 Å². The second kappa shape index (κ2) is 9.36. The number of hydrogen-bond acceptors (Lipinski definition) is 5. The maximum Gasteiger partial charge on any atom is 0.287 e. The van der Waals surface area contributed by atoms with Gasteiger partial charge in [0.15, 0.2) is 5.76 Å². The molecule has 7 heteroatoms. The van der Waals surface area contributed by atoms with Crippen molar-refractivity contribution in [2.75, 3.05) is 26.8 Å². The summed E-state index contributed by atoms with van der Waals surface area (Å²) in [4.78, 5) is 23.7. The number of amides is 2. The lowest BCUT2D eigenvalue weighted by atomic mass is 10.2. The number of nitrogens with one attached hydrogen (secondary N) is 2. The minimum absolute atomic E-state index is 0.135. The van der Waals surface area contributed by atoms with Crippen molar-refractivity contribution in [3.8, 4) is 5.75 Å². The normalized spacial score (nSPS) is 10.2. The second-order valence-corrected chi connectivity index (χ2v) is 4.90. The largest absolute Gasteiger partial charge is 0.489 e. The van der Waals surface area contributed by atoms with Gasteiger partial charge in [0.05, 0.1) is 19.4 Å². The molecule has 0 spiro atoms. The molecule has 2 N–H and O–H groups in total. The molecule has 0 aliphatic heterocycles. The van der Waals surface area contributed by atoms with Gasteiger partial charge in [-0.25, -0.2) is 0 Å². The van der Waals surface area contributed by atoms with Gasteiger partial charge < -0.3 is 24.5 Å². The van der Waals surface area contributed by atoms with Gasteiger partial charge in [-0.05, 0) is 18.2 Å². The van der Waals surface area contributed by atoms with Crippen LogP contribution in [-0.2, 0) is 16.1 Å². The van der Waals surface area contributed by atoms with Crippen LogP contribution in [0.1, 0.15) is 16.1 Å². The summed E-state index contributed by atoms with van der Waals surface area (Å²) in [6.45, 7) is 0.868. The van der Waals surface area contributed by atoms with Crippen LogP contribution in [0.5, 0.6) is 5.75 Å². The van der Waals surface area contributed by atoms with Crippen molar-refractivity contribution < 1.29 is 23.5 Å². The number of para-hydroxylation sites is 1. The van der Waals surface area contributed by atoms with Crippen LogP contribution in [0.4, 0.5) is 0 Å². The molecule has 2 rings (SSSR count). The van der Waals surface area contributed by atoms with Crippen molar-refractivity contribution >= 4 is 11.8 Å². The molecule has 2 aromatic rings. The molecule has 0 fully saturated rings. The maximum atomic E-state index is 12.1. The van der Waals surface area contributed by atoms with E-state index in [-0.39, 0.29) is 24.8 Å². The topological polar surface area (TPSA) is 89.8 Å². The zero-order valence-corrected chi connectivity index (χ0v) is 13.4. The first-order valence-electron chi connectivity index (χ1n) is 7.48. The van der Waals surface area contributed by atoms with E-state index in [2.05, 4.69) is 10.6 Å². The Bertz CT molecular complexity index is 654. The molecular weight excluding hydrogens is 312 g/mol. The van der Waals surface area contributed by atoms with Gasteiger partial charge in [-0.3, -0.25) is 9.59 Å². The Morgan fingerprint density at radius 2 is 1.92 bits per heavy atom. The molecular formula is C17H20N2O5. The van der Waals surface area contributed by atoms with Crippen LogP contribution in [-0.4, -0.2) is 38.6 Å². The van der Waals surface area contributed by atoms with Crippen LogP contribution in [0.3, 0.4) is 0 Å². The van der Waals surface area contributed by atoms with Crippen molar-refractivity contribution in [1.29, 1.82) is 0 Å². The molecule has 0 unspecified atom stereocenters. The molecule has 0 saturated heterocycles. The summed E-state index contributed by atoms with van der Waals surface area (Å²) in [5, 5.41) is 5.12. The summed E-state index contributed by atoms with van der Waals surface area (Å²) in [5.74, 6) is 0.0702. The Morgan fingerprint density at radius 1 is 1.12 bits per heavy atom. The smallest absolute Gasteiger partial charge is 0.287 e. The minimum Gasteiger partial charge on any atom is -0.489 e. The number of hydrogen-bond donors (Lipinski definition) is 2. The molecule has 1 aromatic heterocycles. The molecule has 0 saturated carbocycles. The molecule has 1 aromatic carbocycles. The Balaban J connectivity index is 1.82. The third-order valence-electron chi connectivity index (χ3n) is 3.13. The van der Waals surface area contributed by atoms with Gasteiger partial charge >= 0.3 is 0 Å². The zero-order chi connectivity index (χ0) is 17.2. The number of methoxy groups -OCH3 is 1. The van der Waals surface area contributed by atoms with Crippen molar-refractivity contribution in [1.82, 2.24) is 10.6 Å². The fraction of sp³-hybridized carbons (Fsp3) is 0.294. The standard InChI is InChI=1S/C17H20N2O5/c1-22-10-8-18-15(20)11-19-17(21)16-13(7-9-23-16)12-24-14-5-3-2-4-6-14/h2-7,9H,8,10-12H2,1H3,(H,18,20)(H,19,21). The Labute approximate surface area is 139 Å². The van der Waals surface area contributed by atoms with Crippen molar-refractivity contribution in [3.05, 3.63) is 54.0 Å². The van der Waals surface area contributed by atoms with Gasteiger partial charge in [-0.1, -0.05) is 18.2 Å². The molecule has 1 heterocycles. The van der Waals surface area contributed by atoms with Crippen LogP contribution in [0.2, 0.25) is 0 Å². The minimum atomic E-state index is -0.464. The Hall–Kier alpha value is -2.80. The monoisotopic (exact) mass is 332 g/mol. The lowest BCUT2D eigenvalue weighted by Crippen LogP contribution is -2.38. The van der Waals surface area contributed by atoms with E-state index in [1.807, 2.05) is 30.3 Å². The first kappa shape index (κ1) is 17.6. The summed E-state index contributed by atoms with van der Waals surface area (Å²) >= 11 is 0. The van der Waals surface area contributed by atoms with Gasteiger partial charge in [0.2, 0.25) is 5.91 Å². The molecule has 0 aliphatic rings. The molecule has 128 valence electrons. The highest BCUT2D eigenvalue weighted by Gasteiger charge is 2.16. The van der Waals surface area contributed by atoms with E-state index >= 15 is 0 Å². The van der Waals surface area contributed by atoms with Crippen LogP contribution >= 0.6 is 0 Å². The highest BCUT2D eigenvalue weighted by molar-refractivity contribution is 5.95. The fourth-order valence-electron chi connectivity index (χ4n) is 1.92. The summed E-state index contributed by atoms with van der Waals surface area (Å²) in [6.07, 6.45) is 1.41. The summed E-state index contributed by atoms with van der Waals surface area (Å²) < 4.78 is 15.6. The summed E-state index contributed by atoms with van der Waals surface area (Å²) in [5.41, 5.74) is 0.608. The van der Waals surface area contributed by atoms with E-state index in [9.17, 15) is 9.59 Å². The Morgan fingerprint density at radius 3 is 2.67 bits per heavy atom. The first-order chi connectivity index (χ1) is 11.7. The lowest BCUT2D eigenvalue weighted by Gasteiger charge is -2.07. The molecule has 0 radical (unpaired) electrons. The number of rotatable bonds is 9. The SMILES string of the molecule is COCCNC(=O)CNC(=O)c1occc1COc1ccccc1. The predicted molar refractivity (Wildman–Crippen MR) is 86.7 cm³/mol. The number of carbonyl (C=O) groups is 2. The summed E-state index contributed by atoms with van der Waals surface area (Å²) in [6, 6.07) is 10.9. The third kappa shape index (κ3) is 5.44. The second-order valence-electron chi connectivity index (χ2n) is 4.90. The third-order valence-corrected chi connectivity index (χ3v) is 3.13. The zero-order valence-electron chi connectivity index (χ0n) is 13.4. The average molecular weight is 332 g/mol. The van der Waals surface area contributed by atoms with Gasteiger partial charge in [0, 0.05) is 19.2 Å². The van der Waals surface area contributed by atoms with Gasteiger partial charge in [0.25, 0.3) is 5.91 Å². The highest BCUT2D eigenvalue weighted by Crippen LogP contribution is 2.15. The number of ether oxygens (including phenoxy) is 2. The van der Waals surface area contributed by atoms with E-state index in [0.29, 0.717) is 24.5 Å². The maximum absolute atomic E-state index is 12.1. The van der Waals surface area contributed by atoms with Crippen molar-refractivity contribution in [3.63, 3.8) is 0 Å². The fourth-order valence-corrected chi connectivity index (χ4v) is 1.92. The highest BCUT2D eigenvalue weighted by atomic mass is 16.5. The van der Waals surface area contributed by atoms with Crippen molar-refractivity contribution in [2.45, 2.75) is 6.61 Å². The van der Waals surface area contributed by atoms with Crippen LogP contribution < -0.4 is 15.4 Å². The van der Waals surface area contributed by atoms with E-state index in [0.717, 1.165) is 0 Å². The van der Waals surface area contributed by atoms with E-state index in [4.69, 9.17) is 13.9 Å². The van der Waals surface area contributed by atoms with Crippen molar-refractivity contribution in [2.24, 2.45) is 0 Å². The number of benzene rings is 1. The quantitative estimate of drug-likeness (QED) is 0.677. The van der Waals surface area contributed by atoms with Crippen LogP contribution in [0, 0.1) is 0 Å². The van der Waals surface area contributed by atoms with E-state index in [1.54, 1.807) is 13.2 Å². The van der Waals surface area contributed by atoms with Crippen LogP contribution in [0.15, 0.2) is 47.1 Å². The summed E-state index contributed by atoms with van der Waals surface area (Å²) in [7, 11) is 1.55. The molecule has 7 nitrogen and oxygen atoms in total. The van der Waals surface area contributed by atoms with E-state index < -0.39 is 5.91 Å². The van der Waals surface area contributed by atoms with Crippen LogP contribution in [0.25, 0.3) is 0 Å².